The van der Waals surface area contributed by atoms with Gasteiger partial charge in [0.05, 0.1) is 12.3 Å². The van der Waals surface area contributed by atoms with E-state index >= 15 is 0 Å². The van der Waals surface area contributed by atoms with Gasteiger partial charge in [0.25, 0.3) is 0 Å². The average Bonchev–Trinajstić information content (AvgIpc) is 2.43. The number of pyridine rings is 1. The molecule has 5 heteroatoms. The van der Waals surface area contributed by atoms with E-state index in [1.54, 1.807) is 0 Å². The summed E-state index contributed by atoms with van der Waals surface area (Å²) in [5.74, 6) is 1.97. The van der Waals surface area contributed by atoms with Crippen molar-refractivity contribution in [1.82, 2.24) is 9.88 Å². The van der Waals surface area contributed by atoms with Gasteiger partial charge >= 0.3 is 0 Å². The van der Waals surface area contributed by atoms with Gasteiger partial charge in [-0.1, -0.05) is 13.8 Å². The smallest absolute Gasteiger partial charge is 0.239 e. The van der Waals surface area contributed by atoms with E-state index < -0.39 is 0 Å². The molecule has 1 saturated heterocycles. The average molecular weight is 292 g/mol. The third kappa shape index (κ3) is 3.79. The van der Waals surface area contributed by atoms with Crippen molar-refractivity contribution in [3.63, 3.8) is 0 Å². The zero-order chi connectivity index (χ0) is 15.6. The Morgan fingerprint density at radius 2 is 1.90 bits per heavy atom. The lowest BCUT2D eigenvalue weighted by Gasteiger charge is -2.43. The summed E-state index contributed by atoms with van der Waals surface area (Å²) in [6.07, 6.45) is 0. The largest absolute Gasteiger partial charge is 0.476 e. The van der Waals surface area contributed by atoms with Gasteiger partial charge in [-0.15, -0.1) is 0 Å². The number of likely N-dealkylation sites (N-methyl/N-ethyl adjacent to an activating group) is 1. The summed E-state index contributed by atoms with van der Waals surface area (Å²) >= 11 is 0. The molecule has 0 radical (unpaired) electrons. The lowest BCUT2D eigenvalue weighted by Crippen LogP contribution is -2.55. The summed E-state index contributed by atoms with van der Waals surface area (Å²) in [6, 6.07) is 4.90. The highest BCUT2D eigenvalue weighted by molar-refractivity contribution is 5.55. The maximum atomic E-state index is 5.97. The second-order valence-corrected chi connectivity index (χ2v) is 6.54. The standard InChI is InChI=1S/C16H28N4O/c1-11(2)10-21-16-14(17)6-7-15(18-16)20-8-12(3)19(5)13(4)9-20/h6-7,11-13H,8-10,17H2,1-5H3. The monoisotopic (exact) mass is 292 g/mol. The number of aromatic nitrogens is 1. The van der Waals surface area contributed by atoms with Crippen LogP contribution in [0.5, 0.6) is 5.88 Å². The van der Waals surface area contributed by atoms with Crippen LogP contribution in [0, 0.1) is 5.92 Å². The second-order valence-electron chi connectivity index (χ2n) is 6.54. The van der Waals surface area contributed by atoms with E-state index in [-0.39, 0.29) is 0 Å². The van der Waals surface area contributed by atoms with E-state index in [0.717, 1.165) is 18.9 Å². The Bertz CT molecular complexity index is 465. The van der Waals surface area contributed by atoms with Gasteiger partial charge in [0, 0.05) is 25.2 Å². The number of piperazine rings is 1. The zero-order valence-electron chi connectivity index (χ0n) is 13.8. The van der Waals surface area contributed by atoms with Crippen LogP contribution in [0.1, 0.15) is 27.7 Å². The predicted molar refractivity (Wildman–Crippen MR) is 87.9 cm³/mol. The van der Waals surface area contributed by atoms with Crippen molar-refractivity contribution in [3.8, 4) is 5.88 Å². The van der Waals surface area contributed by atoms with Crippen molar-refractivity contribution < 1.29 is 4.74 Å². The Kier molecular flexibility index (Phi) is 4.93. The number of anilines is 2. The summed E-state index contributed by atoms with van der Waals surface area (Å²) in [4.78, 5) is 9.35. The first-order chi connectivity index (χ1) is 9.88. The summed E-state index contributed by atoms with van der Waals surface area (Å²) in [5.41, 5.74) is 6.57. The van der Waals surface area contributed by atoms with Crippen molar-refractivity contribution in [1.29, 1.82) is 0 Å². The Balaban J connectivity index is 2.14. The summed E-state index contributed by atoms with van der Waals surface area (Å²) in [7, 11) is 2.18. The normalized spacial score (nSPS) is 23.6. The van der Waals surface area contributed by atoms with E-state index in [2.05, 4.69) is 49.5 Å². The molecular weight excluding hydrogens is 264 g/mol. The fraction of sp³-hybridized carbons (Fsp3) is 0.688. The van der Waals surface area contributed by atoms with Gasteiger partial charge in [-0.3, -0.25) is 4.90 Å². The van der Waals surface area contributed by atoms with Gasteiger partial charge in [0.2, 0.25) is 5.88 Å². The number of nitrogens with two attached hydrogens (primary N) is 1. The highest BCUT2D eigenvalue weighted by Crippen LogP contribution is 2.26. The van der Waals surface area contributed by atoms with Crippen LogP contribution in [0.4, 0.5) is 11.5 Å². The van der Waals surface area contributed by atoms with Crippen molar-refractivity contribution >= 4 is 11.5 Å². The fourth-order valence-corrected chi connectivity index (χ4v) is 2.57. The SMILES string of the molecule is CC(C)COc1nc(N2CC(C)N(C)C(C)C2)ccc1N. The van der Waals surface area contributed by atoms with E-state index in [1.807, 2.05) is 12.1 Å². The molecule has 1 aliphatic rings. The number of nitrogen functional groups attached to an aromatic ring is 1. The maximum absolute atomic E-state index is 5.97. The molecule has 0 amide bonds. The minimum atomic E-state index is 0.457. The van der Waals surface area contributed by atoms with Crippen molar-refractivity contribution in [2.45, 2.75) is 39.8 Å². The van der Waals surface area contributed by atoms with Crippen LogP contribution in [-0.4, -0.2) is 48.7 Å². The molecule has 2 heterocycles. The summed E-state index contributed by atoms with van der Waals surface area (Å²) in [5, 5.41) is 0. The van der Waals surface area contributed by atoms with Gasteiger partial charge in [0.1, 0.15) is 5.82 Å². The van der Waals surface area contributed by atoms with Crippen LogP contribution in [0.25, 0.3) is 0 Å². The molecule has 0 aliphatic carbocycles. The first-order valence-corrected chi connectivity index (χ1v) is 7.74. The van der Waals surface area contributed by atoms with Crippen LogP contribution < -0.4 is 15.4 Å². The molecule has 2 atom stereocenters. The van der Waals surface area contributed by atoms with Crippen LogP contribution in [0.3, 0.4) is 0 Å². The number of nitrogens with zero attached hydrogens (tertiary/aromatic N) is 3. The van der Waals surface area contributed by atoms with Crippen LogP contribution in [0.15, 0.2) is 12.1 Å². The van der Waals surface area contributed by atoms with Crippen LogP contribution in [0.2, 0.25) is 0 Å². The first-order valence-electron chi connectivity index (χ1n) is 7.74. The molecule has 118 valence electrons. The van der Waals surface area contributed by atoms with Gasteiger partial charge in [-0.2, -0.15) is 4.98 Å². The van der Waals surface area contributed by atoms with Crippen molar-refractivity contribution in [2.24, 2.45) is 5.92 Å². The van der Waals surface area contributed by atoms with Gasteiger partial charge in [-0.25, -0.2) is 0 Å². The molecule has 0 spiro atoms. The highest BCUT2D eigenvalue weighted by atomic mass is 16.5. The summed E-state index contributed by atoms with van der Waals surface area (Å²) in [6.45, 7) is 11.3. The fourth-order valence-electron chi connectivity index (χ4n) is 2.57. The number of hydrogen-bond donors (Lipinski definition) is 1. The number of ether oxygens (including phenoxy) is 1. The molecule has 0 aromatic carbocycles. The molecule has 2 N–H and O–H groups in total. The Labute approximate surface area is 128 Å². The molecular formula is C16H28N4O. The van der Waals surface area contributed by atoms with E-state index in [9.17, 15) is 0 Å². The third-order valence-corrected chi connectivity index (χ3v) is 4.11. The second kappa shape index (κ2) is 6.52. The molecule has 1 aromatic heterocycles. The highest BCUT2D eigenvalue weighted by Gasteiger charge is 2.27. The van der Waals surface area contributed by atoms with Gasteiger partial charge in [0.15, 0.2) is 0 Å². The molecule has 0 bridgehead atoms. The molecule has 5 nitrogen and oxygen atoms in total. The van der Waals surface area contributed by atoms with Crippen LogP contribution in [-0.2, 0) is 0 Å². The molecule has 1 aromatic rings. The Hall–Kier alpha value is -1.49. The zero-order valence-corrected chi connectivity index (χ0v) is 13.8. The van der Waals surface area contributed by atoms with E-state index in [4.69, 9.17) is 10.5 Å². The molecule has 1 aliphatic heterocycles. The van der Waals surface area contributed by atoms with Crippen LogP contribution >= 0.6 is 0 Å². The van der Waals surface area contributed by atoms with Crippen molar-refractivity contribution in [2.75, 3.05) is 37.4 Å². The Morgan fingerprint density at radius 3 is 2.48 bits per heavy atom. The number of rotatable bonds is 4. The minimum Gasteiger partial charge on any atom is -0.476 e. The van der Waals surface area contributed by atoms with Gasteiger partial charge < -0.3 is 15.4 Å². The molecule has 2 rings (SSSR count). The molecule has 2 unspecified atom stereocenters. The van der Waals surface area contributed by atoms with Crippen molar-refractivity contribution in [3.05, 3.63) is 12.1 Å². The number of hydrogen-bond acceptors (Lipinski definition) is 5. The Morgan fingerprint density at radius 1 is 1.29 bits per heavy atom. The molecule has 1 fully saturated rings. The predicted octanol–water partition coefficient (Wildman–Crippen LogP) is 2.23. The minimum absolute atomic E-state index is 0.457. The lowest BCUT2D eigenvalue weighted by atomic mass is 10.1. The van der Waals surface area contributed by atoms with E-state index in [1.165, 1.54) is 0 Å². The molecule has 0 saturated carbocycles. The topological polar surface area (TPSA) is 54.6 Å². The quantitative estimate of drug-likeness (QED) is 0.922. The van der Waals surface area contributed by atoms with E-state index in [0.29, 0.717) is 36.2 Å². The summed E-state index contributed by atoms with van der Waals surface area (Å²) < 4.78 is 5.73. The maximum Gasteiger partial charge on any atom is 0.239 e. The first kappa shape index (κ1) is 15.9. The lowest BCUT2D eigenvalue weighted by molar-refractivity contribution is 0.169. The third-order valence-electron chi connectivity index (χ3n) is 4.11. The van der Waals surface area contributed by atoms with Gasteiger partial charge in [-0.05, 0) is 38.9 Å². The molecule has 21 heavy (non-hydrogen) atoms.